The van der Waals surface area contributed by atoms with Crippen LogP contribution in [0.3, 0.4) is 0 Å². The number of hydrogen-bond donors (Lipinski definition) is 0. The lowest BCUT2D eigenvalue weighted by Crippen LogP contribution is -2.30. The van der Waals surface area contributed by atoms with E-state index in [9.17, 15) is 5.26 Å². The van der Waals surface area contributed by atoms with E-state index in [1.54, 1.807) is 0 Å². The third kappa shape index (κ3) is 3.28. The second kappa shape index (κ2) is 7.80. The summed E-state index contributed by atoms with van der Waals surface area (Å²) in [5.41, 5.74) is 11.9. The van der Waals surface area contributed by atoms with Crippen molar-refractivity contribution in [2.75, 3.05) is 0 Å². The van der Waals surface area contributed by atoms with Gasteiger partial charge in [-0.2, -0.15) is 5.26 Å². The molecule has 0 spiro atoms. The van der Waals surface area contributed by atoms with Gasteiger partial charge >= 0.3 is 0 Å². The summed E-state index contributed by atoms with van der Waals surface area (Å²) >= 11 is 0. The van der Waals surface area contributed by atoms with E-state index in [4.69, 9.17) is 4.42 Å². The first-order chi connectivity index (χ1) is 17.5. The summed E-state index contributed by atoms with van der Waals surface area (Å²) in [6.07, 6.45) is 3.13. The van der Waals surface area contributed by atoms with E-state index in [2.05, 4.69) is 108 Å². The van der Waals surface area contributed by atoms with E-state index < -0.39 is 0 Å². The van der Waals surface area contributed by atoms with Crippen LogP contribution in [0.4, 0.5) is 0 Å². The van der Waals surface area contributed by atoms with E-state index in [1.165, 1.54) is 16.7 Å². The van der Waals surface area contributed by atoms with Gasteiger partial charge in [0.2, 0.25) is 5.69 Å². The molecule has 37 heavy (non-hydrogen) atoms. The predicted octanol–water partition coefficient (Wildman–Crippen LogP) is 8.19. The highest BCUT2D eigenvalue weighted by Crippen LogP contribution is 2.55. The van der Waals surface area contributed by atoms with Crippen molar-refractivity contribution in [3.05, 3.63) is 88.6 Å². The van der Waals surface area contributed by atoms with Gasteiger partial charge in [-0.1, -0.05) is 52.0 Å². The number of fused-ring (bicyclic) bond motifs is 4. The number of aromatic nitrogens is 1. The average molecular weight is 486 g/mol. The van der Waals surface area contributed by atoms with Crippen molar-refractivity contribution in [2.45, 2.75) is 58.8 Å². The molecule has 3 heteroatoms. The molecule has 3 nitrogen and oxygen atoms in total. The standard InChI is InChI=1S/C34H33N2O/c1-20-11-14-23-24-16-13-22(18-35)28(32(24)37-31(23)27(20)26-10-8-9-17-36(26)7)25-15-12-21(2)29-30(25)34(5,6)19-33(29,3)4/h8-17H,19H2,1-7H3/q+1. The zero-order valence-electron chi connectivity index (χ0n) is 22.8. The Labute approximate surface area is 219 Å². The normalized spacial score (nSPS) is 15.7. The molecule has 0 saturated heterocycles. The maximum absolute atomic E-state index is 10.3. The molecule has 2 aromatic heterocycles. The van der Waals surface area contributed by atoms with E-state index in [1.807, 2.05) is 12.1 Å². The minimum atomic E-state index is -0.0133. The van der Waals surface area contributed by atoms with Gasteiger partial charge in [0.05, 0.1) is 17.2 Å². The maximum atomic E-state index is 10.3. The van der Waals surface area contributed by atoms with Crippen molar-refractivity contribution in [3.8, 4) is 28.5 Å². The second-order valence-corrected chi connectivity index (χ2v) is 12.0. The maximum Gasteiger partial charge on any atom is 0.216 e. The molecule has 0 amide bonds. The molecule has 2 heterocycles. The highest BCUT2D eigenvalue weighted by molar-refractivity contribution is 6.14. The van der Waals surface area contributed by atoms with Crippen LogP contribution in [0.1, 0.15) is 61.9 Å². The highest BCUT2D eigenvalue weighted by atomic mass is 16.3. The molecular formula is C34H33N2O+. The zero-order chi connectivity index (χ0) is 26.3. The molecule has 3 aromatic carbocycles. The Bertz CT molecular complexity index is 1790. The van der Waals surface area contributed by atoms with Gasteiger partial charge in [-0.3, -0.25) is 0 Å². The lowest BCUT2D eigenvalue weighted by Gasteiger charge is -2.24. The minimum Gasteiger partial charge on any atom is -0.454 e. The van der Waals surface area contributed by atoms with Crippen LogP contribution >= 0.6 is 0 Å². The van der Waals surface area contributed by atoms with Crippen molar-refractivity contribution in [1.29, 1.82) is 5.26 Å². The monoisotopic (exact) mass is 485 g/mol. The van der Waals surface area contributed by atoms with Crippen molar-refractivity contribution >= 4 is 21.9 Å². The molecule has 5 aromatic rings. The number of nitrogens with zero attached hydrogens (tertiary/aromatic N) is 2. The third-order valence-electron chi connectivity index (χ3n) is 8.37. The molecule has 0 unspecified atom stereocenters. The molecule has 0 atom stereocenters. The molecule has 0 radical (unpaired) electrons. The van der Waals surface area contributed by atoms with Crippen molar-refractivity contribution < 1.29 is 8.98 Å². The van der Waals surface area contributed by atoms with Crippen LogP contribution in [-0.4, -0.2) is 0 Å². The molecule has 1 aliphatic rings. The molecule has 184 valence electrons. The van der Waals surface area contributed by atoms with Gasteiger partial charge in [0.1, 0.15) is 18.2 Å². The number of nitriles is 1. The van der Waals surface area contributed by atoms with Gasteiger partial charge in [0.15, 0.2) is 6.20 Å². The van der Waals surface area contributed by atoms with E-state index in [-0.39, 0.29) is 10.8 Å². The van der Waals surface area contributed by atoms with Gasteiger partial charge in [-0.05, 0) is 77.1 Å². The molecule has 0 fully saturated rings. The molecule has 0 saturated carbocycles. The van der Waals surface area contributed by atoms with Gasteiger partial charge in [0.25, 0.3) is 0 Å². The van der Waals surface area contributed by atoms with Crippen molar-refractivity contribution in [1.82, 2.24) is 0 Å². The number of hydrogen-bond acceptors (Lipinski definition) is 2. The SMILES string of the molecule is Cc1ccc(-c2c(C#N)ccc3c2oc2c(-c4cccc[n+]4C)c(C)ccc23)c2c1C(C)(C)CC2(C)C. The fourth-order valence-corrected chi connectivity index (χ4v) is 7.24. The van der Waals surface area contributed by atoms with Gasteiger partial charge < -0.3 is 4.42 Å². The highest BCUT2D eigenvalue weighted by Gasteiger charge is 2.44. The first-order valence-corrected chi connectivity index (χ1v) is 13.0. The van der Waals surface area contributed by atoms with Crippen molar-refractivity contribution in [2.24, 2.45) is 7.05 Å². The van der Waals surface area contributed by atoms with Crippen LogP contribution in [0.5, 0.6) is 0 Å². The molecule has 6 rings (SSSR count). The van der Waals surface area contributed by atoms with Crippen LogP contribution in [-0.2, 0) is 17.9 Å². The minimum absolute atomic E-state index is 0.0133. The lowest BCUT2D eigenvalue weighted by molar-refractivity contribution is -0.660. The summed E-state index contributed by atoms with van der Waals surface area (Å²) in [4.78, 5) is 0. The Morgan fingerprint density at radius 2 is 1.43 bits per heavy atom. The summed E-state index contributed by atoms with van der Waals surface area (Å²) in [6.45, 7) is 13.7. The Morgan fingerprint density at radius 1 is 0.784 bits per heavy atom. The second-order valence-electron chi connectivity index (χ2n) is 12.0. The Balaban J connectivity index is 1.76. The summed E-state index contributed by atoms with van der Waals surface area (Å²) in [5, 5.41) is 12.4. The van der Waals surface area contributed by atoms with Crippen LogP contribution in [0.15, 0.2) is 65.2 Å². The van der Waals surface area contributed by atoms with Gasteiger partial charge in [-0.15, -0.1) is 0 Å². The largest absolute Gasteiger partial charge is 0.454 e. The number of aryl methyl sites for hydroxylation is 3. The quantitative estimate of drug-likeness (QED) is 0.237. The number of rotatable bonds is 2. The first kappa shape index (κ1) is 23.5. The fraction of sp³-hybridized carbons (Fsp3) is 0.294. The smallest absolute Gasteiger partial charge is 0.216 e. The number of pyridine rings is 1. The van der Waals surface area contributed by atoms with E-state index in [0.29, 0.717) is 5.56 Å². The molecule has 0 aliphatic heterocycles. The number of furan rings is 1. The third-order valence-corrected chi connectivity index (χ3v) is 8.37. The number of benzene rings is 3. The van der Waals surface area contributed by atoms with Crippen LogP contribution in [0.25, 0.3) is 44.3 Å². The topological polar surface area (TPSA) is 40.8 Å². The van der Waals surface area contributed by atoms with Crippen molar-refractivity contribution in [3.63, 3.8) is 0 Å². The van der Waals surface area contributed by atoms with Gasteiger partial charge in [-0.25, -0.2) is 4.57 Å². The Hall–Kier alpha value is -3.90. The average Bonchev–Trinajstić information content (AvgIpc) is 3.31. The Kier molecular flexibility index (Phi) is 4.95. The summed E-state index contributed by atoms with van der Waals surface area (Å²) in [5.74, 6) is 0. The summed E-state index contributed by atoms with van der Waals surface area (Å²) in [7, 11) is 2.06. The lowest BCUT2D eigenvalue weighted by atomic mass is 9.80. The molecule has 0 N–H and O–H groups in total. The van der Waals surface area contributed by atoms with Crippen LogP contribution < -0.4 is 4.57 Å². The molecule has 0 bridgehead atoms. The molecule has 1 aliphatic carbocycles. The van der Waals surface area contributed by atoms with E-state index in [0.717, 1.165) is 56.3 Å². The van der Waals surface area contributed by atoms with Crippen LogP contribution in [0, 0.1) is 25.2 Å². The fourth-order valence-electron chi connectivity index (χ4n) is 7.24. The first-order valence-electron chi connectivity index (χ1n) is 13.0. The predicted molar refractivity (Wildman–Crippen MR) is 151 cm³/mol. The van der Waals surface area contributed by atoms with Crippen LogP contribution in [0.2, 0.25) is 0 Å². The Morgan fingerprint density at radius 3 is 2.14 bits per heavy atom. The molecular weight excluding hydrogens is 452 g/mol. The summed E-state index contributed by atoms with van der Waals surface area (Å²) in [6, 6.07) is 21.5. The van der Waals surface area contributed by atoms with E-state index >= 15 is 0 Å². The summed E-state index contributed by atoms with van der Waals surface area (Å²) < 4.78 is 8.98. The zero-order valence-corrected chi connectivity index (χ0v) is 22.8. The van der Waals surface area contributed by atoms with Gasteiger partial charge in [0, 0.05) is 28.5 Å².